The average Bonchev–Trinajstić information content (AvgIpc) is 2.62. The molecule has 0 atom stereocenters. The molecule has 0 rings (SSSR count). The van der Waals surface area contributed by atoms with E-state index in [0.717, 1.165) is 0 Å². The zero-order valence-corrected chi connectivity index (χ0v) is 15.1. The van der Waals surface area contributed by atoms with Crippen molar-refractivity contribution in [3.05, 3.63) is 76.9 Å². The highest BCUT2D eigenvalue weighted by Crippen LogP contribution is 1.81. The fourth-order valence-electron chi connectivity index (χ4n) is 0. The fraction of sp³-hybridized carbons (Fsp3) is 0.222. The van der Waals surface area contributed by atoms with E-state index in [0.29, 0.717) is 0 Å². The van der Waals surface area contributed by atoms with Crippen molar-refractivity contribution in [2.75, 3.05) is 13.2 Å². The Balaban J connectivity index is -0.0000000302. The van der Waals surface area contributed by atoms with Gasteiger partial charge in [0.2, 0.25) is 0 Å². The van der Waals surface area contributed by atoms with Gasteiger partial charge in [-0.05, 0) is 13.8 Å². The third-order valence-corrected chi connectivity index (χ3v) is 0.830. The van der Waals surface area contributed by atoms with Crippen molar-refractivity contribution in [2.45, 2.75) is 13.8 Å². The minimum atomic E-state index is -0.935. The maximum absolute atomic E-state index is 9.60. The van der Waals surface area contributed by atoms with Crippen molar-refractivity contribution in [2.24, 2.45) is 0 Å². The second kappa shape index (κ2) is 59.2. The molecule has 0 aliphatic carbocycles. The molecule has 6 nitrogen and oxygen atoms in total. The molecule has 0 saturated carbocycles. The van der Waals surface area contributed by atoms with E-state index in [-0.39, 0.29) is 24.4 Å². The van der Waals surface area contributed by atoms with Crippen LogP contribution < -0.4 is 0 Å². The van der Waals surface area contributed by atoms with E-state index in [1.807, 2.05) is 0 Å². The summed E-state index contributed by atoms with van der Waals surface area (Å²) in [5.74, 6) is -1.87. The van der Waals surface area contributed by atoms with Crippen molar-refractivity contribution in [3.63, 3.8) is 0 Å². The zero-order chi connectivity index (χ0) is 21.7. The quantitative estimate of drug-likeness (QED) is 0.459. The molecule has 6 heteroatoms. The lowest BCUT2D eigenvalue weighted by atomic mass is 10.4. The van der Waals surface area contributed by atoms with E-state index in [9.17, 15) is 9.59 Å². The minimum absolute atomic E-state index is 0.125. The molecule has 0 spiro atoms. The number of hydrogen-bond acceptors (Lipinski definition) is 4. The van der Waals surface area contributed by atoms with Crippen LogP contribution in [0.1, 0.15) is 13.8 Å². The van der Waals surface area contributed by atoms with Crippen LogP contribution in [-0.2, 0) is 9.59 Å². The summed E-state index contributed by atoms with van der Waals surface area (Å²) in [5, 5.41) is 31.0. The molecule has 0 unspecified atom stereocenters. The highest BCUT2D eigenvalue weighted by atomic mass is 16.4. The Hall–Kier alpha value is -2.70. The average molecular weight is 346 g/mol. The summed E-state index contributed by atoms with van der Waals surface area (Å²) in [5.41, 5.74) is 0.352. The highest BCUT2D eigenvalue weighted by molar-refractivity contribution is 5.85. The van der Waals surface area contributed by atoms with Crippen molar-refractivity contribution in [1.29, 1.82) is 0 Å². The Labute approximate surface area is 146 Å². The first-order chi connectivity index (χ1) is 11.2. The van der Waals surface area contributed by atoms with Crippen LogP contribution >= 0.6 is 0 Å². The van der Waals surface area contributed by atoms with Crippen LogP contribution in [0, 0.1) is 0 Å². The van der Waals surface area contributed by atoms with Crippen LogP contribution in [0.4, 0.5) is 0 Å². The predicted molar refractivity (Wildman–Crippen MR) is 104 cm³/mol. The van der Waals surface area contributed by atoms with Gasteiger partial charge in [-0.3, -0.25) is 0 Å². The molecule has 0 aromatic rings. The van der Waals surface area contributed by atoms with Gasteiger partial charge in [0.05, 0.1) is 13.2 Å². The van der Waals surface area contributed by atoms with Gasteiger partial charge in [0.25, 0.3) is 0 Å². The molecule has 0 aliphatic rings. The molecule has 0 radical (unpaired) electrons. The van der Waals surface area contributed by atoms with Gasteiger partial charge in [0.15, 0.2) is 0 Å². The van der Waals surface area contributed by atoms with E-state index in [1.165, 1.54) is 13.8 Å². The van der Waals surface area contributed by atoms with Crippen LogP contribution in [-0.4, -0.2) is 45.6 Å². The summed E-state index contributed by atoms with van der Waals surface area (Å²) in [6, 6.07) is 0. The van der Waals surface area contributed by atoms with E-state index in [1.54, 1.807) is 0 Å². The van der Waals surface area contributed by atoms with Crippen LogP contribution in [0.15, 0.2) is 76.9 Å². The lowest BCUT2D eigenvalue weighted by molar-refractivity contribution is -0.133. The molecular formula is C18H34O6. The predicted octanol–water partition coefficient (Wildman–Crippen LogP) is 3.47. The third kappa shape index (κ3) is 163. The second-order valence-electron chi connectivity index (χ2n) is 2.62. The summed E-state index contributed by atoms with van der Waals surface area (Å²) < 4.78 is 0. The third-order valence-electron chi connectivity index (χ3n) is 0.830. The summed E-state index contributed by atoms with van der Waals surface area (Å²) in [6.45, 7) is 33.0. The molecule has 4 N–H and O–H groups in total. The second-order valence-corrected chi connectivity index (χ2v) is 2.62. The molecule has 0 heterocycles. The standard InChI is InChI=1S/2C4H6O2.C2H6O2.4C2H4/c2*1-3(2)4(5)6;3-1-2-4;4*1-2/h2*1H2,2H3,(H,5,6);3-4H,1-2H2;4*1-2H2. The molecule has 24 heavy (non-hydrogen) atoms. The van der Waals surface area contributed by atoms with Crippen LogP contribution in [0.2, 0.25) is 0 Å². The van der Waals surface area contributed by atoms with E-state index in [2.05, 4.69) is 65.8 Å². The molecule has 0 fully saturated rings. The Bertz CT molecular complexity index is 240. The minimum Gasteiger partial charge on any atom is -0.478 e. The van der Waals surface area contributed by atoms with Gasteiger partial charge in [-0.25, -0.2) is 9.59 Å². The Morgan fingerprint density at radius 2 is 0.708 bits per heavy atom. The molecule has 0 aromatic heterocycles. The van der Waals surface area contributed by atoms with Crippen molar-refractivity contribution < 1.29 is 30.0 Å². The summed E-state index contributed by atoms with van der Waals surface area (Å²) in [4.78, 5) is 19.2. The van der Waals surface area contributed by atoms with Gasteiger partial charge in [-0.1, -0.05) is 13.2 Å². The monoisotopic (exact) mass is 346 g/mol. The number of carboxylic acids is 2. The van der Waals surface area contributed by atoms with E-state index < -0.39 is 11.9 Å². The molecule has 0 bridgehead atoms. The van der Waals surface area contributed by atoms with Crippen molar-refractivity contribution >= 4 is 11.9 Å². The molecule has 0 amide bonds. The normalized spacial score (nSPS) is 5.67. The number of hydrogen-bond donors (Lipinski definition) is 4. The lowest BCUT2D eigenvalue weighted by Crippen LogP contribution is -1.92. The molecule has 142 valence electrons. The molecule has 0 aliphatic heterocycles. The number of aliphatic hydroxyl groups excluding tert-OH is 2. The number of rotatable bonds is 3. The number of aliphatic hydroxyl groups is 2. The topological polar surface area (TPSA) is 115 Å². The van der Waals surface area contributed by atoms with Gasteiger partial charge in [-0.15, -0.1) is 52.6 Å². The smallest absolute Gasteiger partial charge is 0.330 e. The molecular weight excluding hydrogens is 312 g/mol. The maximum atomic E-state index is 9.60. The Morgan fingerprint density at radius 1 is 0.625 bits per heavy atom. The Morgan fingerprint density at radius 3 is 0.708 bits per heavy atom. The number of carboxylic acid groups (broad SMARTS) is 2. The van der Waals surface area contributed by atoms with Crippen LogP contribution in [0.25, 0.3) is 0 Å². The van der Waals surface area contributed by atoms with Crippen LogP contribution in [0.3, 0.4) is 0 Å². The van der Waals surface area contributed by atoms with Crippen molar-refractivity contribution in [3.8, 4) is 0 Å². The van der Waals surface area contributed by atoms with Gasteiger partial charge in [0, 0.05) is 11.1 Å². The molecule has 0 aromatic carbocycles. The lowest BCUT2D eigenvalue weighted by Gasteiger charge is -1.79. The first kappa shape index (κ1) is 42.9. The van der Waals surface area contributed by atoms with Crippen LogP contribution in [0.5, 0.6) is 0 Å². The number of carbonyl (C=O) groups is 2. The summed E-state index contributed by atoms with van der Waals surface area (Å²) in [7, 11) is 0. The maximum Gasteiger partial charge on any atom is 0.330 e. The first-order valence-corrected chi connectivity index (χ1v) is 6.20. The zero-order valence-electron chi connectivity index (χ0n) is 15.1. The first-order valence-electron chi connectivity index (χ1n) is 6.20. The SMILES string of the molecule is C=C.C=C.C=C.C=C.C=C(C)C(=O)O.C=C(C)C(=O)O.OCCO. The van der Waals surface area contributed by atoms with E-state index >= 15 is 0 Å². The Kier molecular flexibility index (Phi) is 106. The highest BCUT2D eigenvalue weighted by Gasteiger charge is 1.90. The number of aliphatic carboxylic acids is 2. The van der Waals surface area contributed by atoms with Gasteiger partial charge in [-0.2, -0.15) is 0 Å². The van der Waals surface area contributed by atoms with Gasteiger partial charge < -0.3 is 20.4 Å². The summed E-state index contributed by atoms with van der Waals surface area (Å²) in [6.07, 6.45) is 0. The van der Waals surface area contributed by atoms with Gasteiger partial charge >= 0.3 is 11.9 Å². The summed E-state index contributed by atoms with van der Waals surface area (Å²) >= 11 is 0. The van der Waals surface area contributed by atoms with E-state index in [4.69, 9.17) is 20.4 Å². The molecule has 0 saturated heterocycles. The van der Waals surface area contributed by atoms with Crippen molar-refractivity contribution in [1.82, 2.24) is 0 Å². The largest absolute Gasteiger partial charge is 0.478 e. The fourth-order valence-corrected chi connectivity index (χ4v) is 0. The van der Waals surface area contributed by atoms with Gasteiger partial charge in [0.1, 0.15) is 0 Å².